The Hall–Kier alpha value is -1.29. The molecule has 0 spiro atoms. The number of nitrogens with zero attached hydrogens (tertiary/aromatic N) is 2. The SMILES string of the molecule is CCC(CC)N(C)c1nccc(C(=N)N)c1Cl. The summed E-state index contributed by atoms with van der Waals surface area (Å²) in [6.45, 7) is 4.26. The first-order chi connectivity index (χ1) is 8.02. The molecule has 0 saturated heterocycles. The van der Waals surface area contributed by atoms with Crippen molar-refractivity contribution < 1.29 is 0 Å². The Morgan fingerprint density at radius 3 is 2.59 bits per heavy atom. The summed E-state index contributed by atoms with van der Waals surface area (Å²) in [4.78, 5) is 6.33. The summed E-state index contributed by atoms with van der Waals surface area (Å²) < 4.78 is 0. The fourth-order valence-electron chi connectivity index (χ4n) is 1.90. The molecule has 1 rings (SSSR count). The molecule has 0 atom stereocenters. The Morgan fingerprint density at radius 2 is 2.12 bits per heavy atom. The van der Waals surface area contributed by atoms with Gasteiger partial charge in [-0.2, -0.15) is 0 Å². The van der Waals surface area contributed by atoms with Crippen LogP contribution in [0.2, 0.25) is 5.02 Å². The Kier molecular flexibility index (Phi) is 4.75. The Morgan fingerprint density at radius 1 is 1.53 bits per heavy atom. The first-order valence-electron chi connectivity index (χ1n) is 5.74. The van der Waals surface area contributed by atoms with E-state index in [0.29, 0.717) is 22.4 Å². The quantitative estimate of drug-likeness (QED) is 0.627. The minimum atomic E-state index is -0.0309. The van der Waals surface area contributed by atoms with Crippen molar-refractivity contribution in [1.82, 2.24) is 4.98 Å². The Balaban J connectivity index is 3.14. The van der Waals surface area contributed by atoms with Crippen LogP contribution in [0.5, 0.6) is 0 Å². The third-order valence-electron chi connectivity index (χ3n) is 2.99. The van der Waals surface area contributed by atoms with Gasteiger partial charge in [-0.05, 0) is 18.9 Å². The maximum Gasteiger partial charge on any atom is 0.148 e. The second kappa shape index (κ2) is 5.87. The molecule has 1 heterocycles. The van der Waals surface area contributed by atoms with Crippen LogP contribution in [0.1, 0.15) is 32.3 Å². The van der Waals surface area contributed by atoms with Gasteiger partial charge >= 0.3 is 0 Å². The number of nitrogens with two attached hydrogens (primary N) is 1. The van der Waals surface area contributed by atoms with E-state index in [1.54, 1.807) is 12.3 Å². The van der Waals surface area contributed by atoms with Crippen molar-refractivity contribution in [3.05, 3.63) is 22.8 Å². The van der Waals surface area contributed by atoms with Crippen LogP contribution in [0.3, 0.4) is 0 Å². The third kappa shape index (κ3) is 2.88. The maximum atomic E-state index is 7.46. The highest BCUT2D eigenvalue weighted by molar-refractivity contribution is 6.36. The summed E-state index contributed by atoms with van der Waals surface area (Å²) in [5, 5.41) is 7.91. The molecule has 94 valence electrons. The van der Waals surface area contributed by atoms with Gasteiger partial charge in [-0.1, -0.05) is 25.4 Å². The number of nitrogen functional groups attached to an aromatic ring is 1. The molecule has 1 aromatic rings. The van der Waals surface area contributed by atoms with E-state index in [0.717, 1.165) is 12.8 Å². The van der Waals surface area contributed by atoms with Crippen LogP contribution in [-0.4, -0.2) is 23.9 Å². The molecule has 0 radical (unpaired) electrons. The van der Waals surface area contributed by atoms with E-state index in [9.17, 15) is 0 Å². The molecule has 0 saturated carbocycles. The average molecular weight is 255 g/mol. The molecule has 0 aliphatic carbocycles. The highest BCUT2D eigenvalue weighted by Gasteiger charge is 2.17. The minimum Gasteiger partial charge on any atom is -0.384 e. The molecule has 4 nitrogen and oxygen atoms in total. The highest BCUT2D eigenvalue weighted by Crippen LogP contribution is 2.28. The number of aromatic nitrogens is 1. The predicted octanol–water partition coefficient (Wildman–Crippen LogP) is 2.64. The van der Waals surface area contributed by atoms with Gasteiger partial charge in [0.2, 0.25) is 0 Å². The second-order valence-electron chi connectivity index (χ2n) is 3.99. The van der Waals surface area contributed by atoms with Crippen LogP contribution in [0.25, 0.3) is 0 Å². The molecule has 17 heavy (non-hydrogen) atoms. The van der Waals surface area contributed by atoms with Gasteiger partial charge in [0.05, 0.1) is 5.02 Å². The van der Waals surface area contributed by atoms with E-state index in [2.05, 4.69) is 23.7 Å². The van der Waals surface area contributed by atoms with Crippen molar-refractivity contribution in [2.75, 3.05) is 11.9 Å². The number of amidine groups is 1. The zero-order chi connectivity index (χ0) is 13.0. The van der Waals surface area contributed by atoms with Gasteiger partial charge in [0.1, 0.15) is 11.7 Å². The summed E-state index contributed by atoms with van der Waals surface area (Å²) in [5.41, 5.74) is 6.01. The van der Waals surface area contributed by atoms with Crippen molar-refractivity contribution in [3.63, 3.8) is 0 Å². The van der Waals surface area contributed by atoms with Gasteiger partial charge in [-0.3, -0.25) is 5.41 Å². The fourth-order valence-corrected chi connectivity index (χ4v) is 2.24. The molecule has 1 aromatic heterocycles. The van der Waals surface area contributed by atoms with Crippen LogP contribution in [0.15, 0.2) is 12.3 Å². The monoisotopic (exact) mass is 254 g/mol. The lowest BCUT2D eigenvalue weighted by Gasteiger charge is -2.28. The van der Waals surface area contributed by atoms with E-state index in [4.69, 9.17) is 22.7 Å². The summed E-state index contributed by atoms with van der Waals surface area (Å²) in [6, 6.07) is 2.05. The van der Waals surface area contributed by atoms with Gasteiger partial charge in [-0.15, -0.1) is 0 Å². The standard InChI is InChI=1S/C12H19ClN4/c1-4-8(5-2)17(3)12-10(13)9(11(14)15)6-7-16-12/h6-8H,4-5H2,1-3H3,(H3,14,15). The molecular formula is C12H19ClN4. The lowest BCUT2D eigenvalue weighted by Crippen LogP contribution is -2.31. The summed E-state index contributed by atoms with van der Waals surface area (Å²) in [6.07, 6.45) is 3.68. The number of hydrogen-bond donors (Lipinski definition) is 2. The molecule has 0 fully saturated rings. The largest absolute Gasteiger partial charge is 0.384 e. The number of rotatable bonds is 5. The molecule has 0 unspecified atom stereocenters. The van der Waals surface area contributed by atoms with Crippen LogP contribution in [-0.2, 0) is 0 Å². The Labute approximate surface area is 107 Å². The lowest BCUT2D eigenvalue weighted by atomic mass is 10.1. The molecule has 3 N–H and O–H groups in total. The summed E-state index contributed by atoms with van der Waals surface area (Å²) in [5.74, 6) is 0.657. The van der Waals surface area contributed by atoms with Crippen LogP contribution < -0.4 is 10.6 Å². The smallest absolute Gasteiger partial charge is 0.148 e. The van der Waals surface area contributed by atoms with E-state index < -0.39 is 0 Å². The van der Waals surface area contributed by atoms with Gasteiger partial charge in [0, 0.05) is 24.8 Å². The highest BCUT2D eigenvalue weighted by atomic mass is 35.5. The van der Waals surface area contributed by atoms with E-state index in [-0.39, 0.29) is 5.84 Å². The van der Waals surface area contributed by atoms with E-state index >= 15 is 0 Å². The number of halogens is 1. The normalized spacial score (nSPS) is 10.6. The fraction of sp³-hybridized carbons (Fsp3) is 0.500. The predicted molar refractivity (Wildman–Crippen MR) is 73.0 cm³/mol. The van der Waals surface area contributed by atoms with Gasteiger partial charge < -0.3 is 10.6 Å². The van der Waals surface area contributed by atoms with E-state index in [1.165, 1.54) is 0 Å². The second-order valence-corrected chi connectivity index (χ2v) is 4.37. The molecule has 0 amide bonds. The summed E-state index contributed by atoms with van der Waals surface area (Å²) >= 11 is 6.23. The Bertz CT molecular complexity index is 401. The first kappa shape index (κ1) is 13.8. The summed E-state index contributed by atoms with van der Waals surface area (Å²) in [7, 11) is 1.97. The van der Waals surface area contributed by atoms with Crippen LogP contribution in [0, 0.1) is 5.41 Å². The molecule has 0 bridgehead atoms. The molecule has 0 aliphatic rings. The number of anilines is 1. The maximum absolute atomic E-state index is 7.46. The van der Waals surface area contributed by atoms with Crippen LogP contribution >= 0.6 is 11.6 Å². The molecule has 0 aromatic carbocycles. The van der Waals surface area contributed by atoms with Crippen LogP contribution in [0.4, 0.5) is 5.82 Å². The van der Waals surface area contributed by atoms with E-state index in [1.807, 2.05) is 7.05 Å². The van der Waals surface area contributed by atoms with Gasteiger partial charge in [0.25, 0.3) is 0 Å². The zero-order valence-electron chi connectivity index (χ0n) is 10.5. The number of hydrogen-bond acceptors (Lipinski definition) is 3. The molecule has 5 heteroatoms. The third-order valence-corrected chi connectivity index (χ3v) is 3.36. The van der Waals surface area contributed by atoms with Gasteiger partial charge in [-0.25, -0.2) is 4.98 Å². The van der Waals surface area contributed by atoms with Crippen molar-refractivity contribution in [2.24, 2.45) is 5.73 Å². The van der Waals surface area contributed by atoms with Gasteiger partial charge in [0.15, 0.2) is 0 Å². The average Bonchev–Trinajstić information content (AvgIpc) is 2.30. The van der Waals surface area contributed by atoms with Crippen molar-refractivity contribution in [1.29, 1.82) is 5.41 Å². The lowest BCUT2D eigenvalue weighted by molar-refractivity contribution is 0.587. The number of nitrogens with one attached hydrogen (secondary N) is 1. The molecular weight excluding hydrogens is 236 g/mol. The molecule has 0 aliphatic heterocycles. The van der Waals surface area contributed by atoms with Crippen molar-refractivity contribution >= 4 is 23.3 Å². The number of pyridine rings is 1. The van der Waals surface area contributed by atoms with Crippen molar-refractivity contribution in [2.45, 2.75) is 32.7 Å². The first-order valence-corrected chi connectivity index (χ1v) is 6.12. The van der Waals surface area contributed by atoms with Crippen molar-refractivity contribution in [3.8, 4) is 0 Å². The zero-order valence-corrected chi connectivity index (χ0v) is 11.3. The topological polar surface area (TPSA) is 66.0 Å². The minimum absolute atomic E-state index is 0.0309.